The van der Waals surface area contributed by atoms with Crippen molar-refractivity contribution in [2.24, 2.45) is 0 Å². The molecule has 0 radical (unpaired) electrons. The fraction of sp³-hybridized carbons (Fsp3) is 0.429. The van der Waals surface area contributed by atoms with Crippen molar-refractivity contribution in [2.75, 3.05) is 45.7 Å². The molecule has 32 heavy (non-hydrogen) atoms. The van der Waals surface area contributed by atoms with Gasteiger partial charge in [-0.3, -0.25) is 4.79 Å². The number of hydrogen-bond donors (Lipinski definition) is 1. The zero-order valence-corrected chi connectivity index (χ0v) is 20.9. The summed E-state index contributed by atoms with van der Waals surface area (Å²) in [4.78, 5) is 19.2. The third-order valence-electron chi connectivity index (χ3n) is 5.21. The highest BCUT2D eigenvalue weighted by Gasteiger charge is 2.28. The molecule has 1 aromatic heterocycles. The summed E-state index contributed by atoms with van der Waals surface area (Å²) < 4.78 is 32.4. The fourth-order valence-corrected chi connectivity index (χ4v) is 5.48. The lowest BCUT2D eigenvalue weighted by molar-refractivity contribution is -0.115. The number of pyridine rings is 1. The standard InChI is InChI=1S/C21H27ClN4O4S2/c1-14-11-18(19(30-4)12-17(14)22)24-21(27)15(2)31-20-6-5-16(13-23-20)32(28,29)26-9-7-25(3)8-10-26/h5-6,11-13,15H,7-10H2,1-4H3,(H,24,27). The van der Waals surface area contributed by atoms with Crippen molar-refractivity contribution in [3.8, 4) is 5.75 Å². The smallest absolute Gasteiger partial charge is 0.244 e. The van der Waals surface area contributed by atoms with Crippen LogP contribution in [0.3, 0.4) is 0 Å². The van der Waals surface area contributed by atoms with Gasteiger partial charge in [0.05, 0.1) is 23.1 Å². The molecule has 0 aliphatic carbocycles. The summed E-state index contributed by atoms with van der Waals surface area (Å²) in [5.41, 5.74) is 1.36. The number of likely N-dealkylation sites (N-methyl/N-ethyl adjacent to an activating group) is 1. The first kappa shape index (κ1) is 24.8. The number of hydrogen-bond acceptors (Lipinski definition) is 7. The van der Waals surface area contributed by atoms with Gasteiger partial charge in [-0.1, -0.05) is 23.4 Å². The van der Waals surface area contributed by atoms with Crippen molar-refractivity contribution in [1.29, 1.82) is 0 Å². The zero-order chi connectivity index (χ0) is 23.5. The minimum absolute atomic E-state index is 0.157. The molecule has 1 N–H and O–H groups in total. The topological polar surface area (TPSA) is 91.8 Å². The molecule has 8 nitrogen and oxygen atoms in total. The van der Waals surface area contributed by atoms with Gasteiger partial charge >= 0.3 is 0 Å². The average molecular weight is 499 g/mol. The van der Waals surface area contributed by atoms with E-state index in [1.807, 2.05) is 14.0 Å². The van der Waals surface area contributed by atoms with Gasteiger partial charge in [0.25, 0.3) is 0 Å². The number of benzene rings is 1. The van der Waals surface area contributed by atoms with E-state index in [0.717, 1.165) is 5.56 Å². The second kappa shape index (κ2) is 10.4. The maximum Gasteiger partial charge on any atom is 0.244 e. The van der Waals surface area contributed by atoms with E-state index in [0.29, 0.717) is 47.7 Å². The number of methoxy groups -OCH3 is 1. The van der Waals surface area contributed by atoms with Crippen LogP contribution in [-0.2, 0) is 14.8 Å². The quantitative estimate of drug-likeness (QED) is 0.586. The Morgan fingerprint density at radius 2 is 1.94 bits per heavy atom. The summed E-state index contributed by atoms with van der Waals surface area (Å²) in [7, 11) is -0.0904. The Kier molecular flexibility index (Phi) is 8.05. The highest BCUT2D eigenvalue weighted by Crippen LogP contribution is 2.32. The summed E-state index contributed by atoms with van der Waals surface area (Å²) >= 11 is 7.36. The summed E-state index contributed by atoms with van der Waals surface area (Å²) in [5, 5.41) is 3.50. The average Bonchev–Trinajstić information content (AvgIpc) is 2.76. The third kappa shape index (κ3) is 5.74. The summed E-state index contributed by atoms with van der Waals surface area (Å²) in [5.74, 6) is 0.244. The number of carbonyl (C=O) groups is 1. The van der Waals surface area contributed by atoms with Gasteiger partial charge < -0.3 is 15.0 Å². The molecule has 1 atom stereocenters. The number of amides is 1. The van der Waals surface area contributed by atoms with Gasteiger partial charge in [-0.2, -0.15) is 4.31 Å². The van der Waals surface area contributed by atoms with E-state index in [-0.39, 0.29) is 10.8 Å². The first-order valence-electron chi connectivity index (χ1n) is 10.1. The highest BCUT2D eigenvalue weighted by molar-refractivity contribution is 8.00. The SMILES string of the molecule is COc1cc(Cl)c(C)cc1NC(=O)C(C)Sc1ccc(S(=O)(=O)N2CCN(C)CC2)cn1. The van der Waals surface area contributed by atoms with Crippen molar-refractivity contribution in [2.45, 2.75) is 29.0 Å². The van der Waals surface area contributed by atoms with Gasteiger partial charge in [-0.25, -0.2) is 13.4 Å². The molecule has 1 saturated heterocycles. The monoisotopic (exact) mass is 498 g/mol. The molecule has 174 valence electrons. The van der Waals surface area contributed by atoms with Crippen LogP contribution in [0.1, 0.15) is 12.5 Å². The molecule has 1 aliphatic heterocycles. The number of halogens is 1. The van der Waals surface area contributed by atoms with Gasteiger partial charge in [0.15, 0.2) is 0 Å². The Morgan fingerprint density at radius 1 is 1.25 bits per heavy atom. The number of sulfonamides is 1. The van der Waals surface area contributed by atoms with Crippen molar-refractivity contribution in [1.82, 2.24) is 14.2 Å². The molecule has 2 aromatic rings. The van der Waals surface area contributed by atoms with Crippen LogP contribution in [-0.4, -0.2) is 74.1 Å². The number of aromatic nitrogens is 1. The molecule has 1 aromatic carbocycles. The summed E-state index contributed by atoms with van der Waals surface area (Å²) in [6, 6.07) is 6.59. The van der Waals surface area contributed by atoms with Crippen molar-refractivity contribution < 1.29 is 17.9 Å². The van der Waals surface area contributed by atoms with Crippen LogP contribution in [0.25, 0.3) is 0 Å². The van der Waals surface area contributed by atoms with Crippen LogP contribution in [0.5, 0.6) is 5.75 Å². The first-order valence-corrected chi connectivity index (χ1v) is 12.8. The molecule has 1 amide bonds. The number of nitrogens with one attached hydrogen (secondary N) is 1. The van der Waals surface area contributed by atoms with Crippen LogP contribution < -0.4 is 10.1 Å². The number of thioether (sulfide) groups is 1. The van der Waals surface area contributed by atoms with E-state index in [4.69, 9.17) is 16.3 Å². The number of anilines is 1. The Morgan fingerprint density at radius 3 is 2.53 bits per heavy atom. The van der Waals surface area contributed by atoms with Crippen molar-refractivity contribution in [3.05, 3.63) is 41.0 Å². The van der Waals surface area contributed by atoms with Crippen LogP contribution in [0.4, 0.5) is 5.69 Å². The lowest BCUT2D eigenvalue weighted by Crippen LogP contribution is -2.47. The number of aryl methyl sites for hydroxylation is 1. The minimum atomic E-state index is -3.57. The molecular weight excluding hydrogens is 472 g/mol. The largest absolute Gasteiger partial charge is 0.495 e. The predicted molar refractivity (Wildman–Crippen MR) is 127 cm³/mol. The second-order valence-corrected chi connectivity index (χ2v) is 11.3. The van der Waals surface area contributed by atoms with Crippen LogP contribution in [0.15, 0.2) is 40.4 Å². The Hall–Kier alpha value is -1.85. The third-order valence-corrected chi connectivity index (χ3v) is 8.55. The molecule has 1 fully saturated rings. The zero-order valence-electron chi connectivity index (χ0n) is 18.5. The van der Waals surface area contributed by atoms with Crippen molar-refractivity contribution in [3.63, 3.8) is 0 Å². The number of carbonyl (C=O) groups excluding carboxylic acids is 1. The lowest BCUT2D eigenvalue weighted by Gasteiger charge is -2.31. The van der Waals surface area contributed by atoms with Gasteiger partial charge in [-0.15, -0.1) is 0 Å². The van der Waals surface area contributed by atoms with E-state index in [1.54, 1.807) is 31.2 Å². The van der Waals surface area contributed by atoms with E-state index < -0.39 is 15.3 Å². The molecule has 0 spiro atoms. The molecule has 0 bridgehead atoms. The summed E-state index contributed by atoms with van der Waals surface area (Å²) in [6.07, 6.45) is 1.35. The minimum Gasteiger partial charge on any atom is -0.495 e. The molecule has 2 heterocycles. The van der Waals surface area contributed by atoms with E-state index in [2.05, 4.69) is 15.2 Å². The van der Waals surface area contributed by atoms with Gasteiger partial charge in [-0.05, 0) is 44.7 Å². The molecule has 3 rings (SSSR count). The first-order chi connectivity index (χ1) is 15.1. The second-order valence-electron chi connectivity index (χ2n) is 7.59. The fourth-order valence-electron chi connectivity index (χ4n) is 3.17. The molecule has 1 aliphatic rings. The summed E-state index contributed by atoms with van der Waals surface area (Å²) in [6.45, 7) is 5.92. The molecule has 1 unspecified atom stereocenters. The Bertz CT molecular complexity index is 1070. The maximum atomic E-state index is 12.8. The maximum absolute atomic E-state index is 12.8. The highest BCUT2D eigenvalue weighted by atomic mass is 35.5. The van der Waals surface area contributed by atoms with E-state index >= 15 is 0 Å². The van der Waals surface area contributed by atoms with Crippen molar-refractivity contribution >= 4 is 45.0 Å². The molecule has 11 heteroatoms. The number of rotatable bonds is 7. The van der Waals surface area contributed by atoms with Gasteiger partial charge in [0.1, 0.15) is 10.6 Å². The van der Waals surface area contributed by atoms with Gasteiger partial charge in [0, 0.05) is 43.5 Å². The van der Waals surface area contributed by atoms with E-state index in [9.17, 15) is 13.2 Å². The predicted octanol–water partition coefficient (Wildman–Crippen LogP) is 3.11. The lowest BCUT2D eigenvalue weighted by atomic mass is 10.2. The van der Waals surface area contributed by atoms with Crippen LogP contribution >= 0.6 is 23.4 Å². The Balaban J connectivity index is 1.65. The Labute approximate surface area is 198 Å². The number of nitrogens with zero attached hydrogens (tertiary/aromatic N) is 3. The van der Waals surface area contributed by atoms with Crippen LogP contribution in [0.2, 0.25) is 5.02 Å². The van der Waals surface area contributed by atoms with Crippen LogP contribution in [0, 0.1) is 6.92 Å². The molecular formula is C21H27ClN4O4S2. The molecule has 0 saturated carbocycles. The normalized spacial score (nSPS) is 16.5. The number of ether oxygens (including phenoxy) is 1. The van der Waals surface area contributed by atoms with Gasteiger partial charge in [0.2, 0.25) is 15.9 Å². The number of piperazine rings is 1. The van der Waals surface area contributed by atoms with E-state index in [1.165, 1.54) is 29.4 Å².